The molecule has 134 valence electrons. The Morgan fingerprint density at radius 1 is 1.00 bits per heavy atom. The van der Waals surface area contributed by atoms with Gasteiger partial charge in [0.1, 0.15) is 0 Å². The van der Waals surface area contributed by atoms with Gasteiger partial charge in [-0.05, 0) is 58.5 Å². The van der Waals surface area contributed by atoms with Crippen LogP contribution >= 0.6 is 0 Å². The predicted octanol–water partition coefficient (Wildman–Crippen LogP) is 3.07. The number of aromatic nitrogens is 1. The van der Waals surface area contributed by atoms with Crippen LogP contribution in [0.15, 0.2) is 24.4 Å². The zero-order valence-electron chi connectivity index (χ0n) is 16.0. The molecule has 4 rings (SSSR count). The summed E-state index contributed by atoms with van der Waals surface area (Å²) in [5, 5.41) is 1.31. The molecule has 4 nitrogen and oxygen atoms in total. The maximum absolute atomic E-state index is 4.64. The van der Waals surface area contributed by atoms with E-state index in [9.17, 15) is 0 Å². The summed E-state index contributed by atoms with van der Waals surface area (Å²) in [6.07, 6.45) is 4.45. The van der Waals surface area contributed by atoms with Crippen LogP contribution < -0.4 is 4.90 Å². The van der Waals surface area contributed by atoms with Crippen molar-refractivity contribution >= 4 is 16.6 Å². The lowest BCUT2D eigenvalue weighted by Gasteiger charge is -2.53. The standard InChI is InChI=1S/C21H30N4/c1-16-13-17(2)20-18(14-16)19(5-8-22-20)25-9-6-21(7-10-25)15-23(3)11-12-24(21)4/h5,8,13-14H,6-7,9-12,15H2,1-4H3. The number of nitrogens with zero attached hydrogens (tertiary/aromatic N) is 4. The second-order valence-electron chi connectivity index (χ2n) is 8.18. The number of piperidine rings is 1. The second kappa shape index (κ2) is 6.26. The lowest BCUT2D eigenvalue weighted by atomic mass is 9.83. The Hall–Kier alpha value is -1.65. The number of anilines is 1. The molecule has 25 heavy (non-hydrogen) atoms. The normalized spacial score (nSPS) is 22.0. The van der Waals surface area contributed by atoms with Crippen LogP contribution in [-0.2, 0) is 0 Å². The van der Waals surface area contributed by atoms with Gasteiger partial charge in [-0.1, -0.05) is 11.6 Å². The lowest BCUT2D eigenvalue weighted by Crippen LogP contribution is -2.63. The molecule has 1 spiro atoms. The molecule has 2 saturated heterocycles. The molecule has 0 bridgehead atoms. The van der Waals surface area contributed by atoms with Gasteiger partial charge in [0.2, 0.25) is 0 Å². The molecule has 0 atom stereocenters. The first-order valence-corrected chi connectivity index (χ1v) is 9.49. The molecular weight excluding hydrogens is 308 g/mol. The summed E-state index contributed by atoms with van der Waals surface area (Å²) in [4.78, 5) is 12.3. The molecule has 4 heteroatoms. The summed E-state index contributed by atoms with van der Waals surface area (Å²) in [6.45, 7) is 10.2. The predicted molar refractivity (Wildman–Crippen MR) is 106 cm³/mol. The van der Waals surface area contributed by atoms with Gasteiger partial charge >= 0.3 is 0 Å². The average molecular weight is 338 g/mol. The first-order chi connectivity index (χ1) is 12.0. The maximum Gasteiger partial charge on any atom is 0.0752 e. The molecule has 2 fully saturated rings. The molecule has 0 aliphatic carbocycles. The van der Waals surface area contributed by atoms with E-state index in [1.807, 2.05) is 6.20 Å². The first-order valence-electron chi connectivity index (χ1n) is 9.49. The van der Waals surface area contributed by atoms with Crippen molar-refractivity contribution in [3.63, 3.8) is 0 Å². The van der Waals surface area contributed by atoms with Crippen LogP contribution in [0, 0.1) is 13.8 Å². The van der Waals surface area contributed by atoms with Crippen LogP contribution in [-0.4, -0.2) is 67.1 Å². The third kappa shape index (κ3) is 2.91. The van der Waals surface area contributed by atoms with Crippen LogP contribution in [0.1, 0.15) is 24.0 Å². The average Bonchev–Trinajstić information content (AvgIpc) is 2.59. The minimum atomic E-state index is 0.359. The van der Waals surface area contributed by atoms with Crippen LogP contribution in [0.3, 0.4) is 0 Å². The molecule has 1 aromatic carbocycles. The number of fused-ring (bicyclic) bond motifs is 1. The van der Waals surface area contributed by atoms with Crippen molar-refractivity contribution < 1.29 is 0 Å². The van der Waals surface area contributed by atoms with Crippen LogP contribution in [0.25, 0.3) is 10.9 Å². The van der Waals surface area contributed by atoms with Crippen LogP contribution in [0.2, 0.25) is 0 Å². The number of hydrogen-bond acceptors (Lipinski definition) is 4. The van der Waals surface area contributed by atoms with E-state index in [2.05, 4.69) is 65.8 Å². The number of hydrogen-bond donors (Lipinski definition) is 0. The summed E-state index contributed by atoms with van der Waals surface area (Å²) >= 11 is 0. The van der Waals surface area contributed by atoms with Crippen LogP contribution in [0.4, 0.5) is 5.69 Å². The Balaban J connectivity index is 1.62. The van der Waals surface area contributed by atoms with E-state index in [4.69, 9.17) is 0 Å². The smallest absolute Gasteiger partial charge is 0.0752 e. The number of piperazine rings is 1. The maximum atomic E-state index is 4.64. The molecule has 0 saturated carbocycles. The molecular formula is C21H30N4. The van der Waals surface area contributed by atoms with Crippen molar-refractivity contribution in [2.45, 2.75) is 32.2 Å². The summed E-state index contributed by atoms with van der Waals surface area (Å²) in [7, 11) is 4.58. The fourth-order valence-corrected chi connectivity index (χ4v) is 4.84. The van der Waals surface area contributed by atoms with Gasteiger partial charge in [0.05, 0.1) is 5.52 Å². The molecule has 2 aliphatic heterocycles. The van der Waals surface area contributed by atoms with Gasteiger partial charge in [-0.2, -0.15) is 0 Å². The highest BCUT2D eigenvalue weighted by atomic mass is 15.3. The molecule has 3 heterocycles. The molecule has 0 unspecified atom stereocenters. The van der Waals surface area contributed by atoms with Gasteiger partial charge in [0.15, 0.2) is 0 Å². The van der Waals surface area contributed by atoms with Crippen LogP contribution in [0.5, 0.6) is 0 Å². The Kier molecular flexibility index (Phi) is 4.20. The quantitative estimate of drug-likeness (QED) is 0.797. The fraction of sp³-hybridized carbons (Fsp3) is 0.571. The van der Waals surface area contributed by atoms with Gasteiger partial charge in [-0.25, -0.2) is 0 Å². The third-order valence-electron chi connectivity index (χ3n) is 6.38. The zero-order chi connectivity index (χ0) is 17.6. The van der Waals surface area contributed by atoms with Crippen molar-refractivity contribution in [2.24, 2.45) is 0 Å². The highest BCUT2D eigenvalue weighted by molar-refractivity contribution is 5.94. The molecule has 0 N–H and O–H groups in total. The van der Waals surface area contributed by atoms with Crippen molar-refractivity contribution in [1.82, 2.24) is 14.8 Å². The fourth-order valence-electron chi connectivity index (χ4n) is 4.84. The lowest BCUT2D eigenvalue weighted by molar-refractivity contribution is 0.00949. The van der Waals surface area contributed by atoms with Gasteiger partial charge in [0.25, 0.3) is 0 Å². The second-order valence-corrected chi connectivity index (χ2v) is 8.18. The first kappa shape index (κ1) is 16.8. The number of pyridine rings is 1. The van der Waals surface area contributed by atoms with E-state index in [1.165, 1.54) is 54.7 Å². The van der Waals surface area contributed by atoms with E-state index < -0.39 is 0 Å². The number of rotatable bonds is 1. The Bertz CT molecular complexity index is 777. The van der Waals surface area contributed by atoms with E-state index in [0.29, 0.717) is 5.54 Å². The largest absolute Gasteiger partial charge is 0.371 e. The van der Waals surface area contributed by atoms with Crippen molar-refractivity contribution in [2.75, 3.05) is 51.7 Å². The Morgan fingerprint density at radius 2 is 1.76 bits per heavy atom. The number of likely N-dealkylation sites (N-methyl/N-ethyl adjacent to an activating group) is 2. The molecule has 2 aromatic rings. The molecule has 1 aromatic heterocycles. The Morgan fingerprint density at radius 3 is 2.52 bits per heavy atom. The third-order valence-corrected chi connectivity index (χ3v) is 6.38. The highest BCUT2D eigenvalue weighted by Gasteiger charge is 2.41. The van der Waals surface area contributed by atoms with Gasteiger partial charge < -0.3 is 9.80 Å². The summed E-state index contributed by atoms with van der Waals surface area (Å²) < 4.78 is 0. The highest BCUT2D eigenvalue weighted by Crippen LogP contribution is 2.35. The molecule has 2 aliphatic rings. The van der Waals surface area contributed by atoms with Gasteiger partial charge in [-0.15, -0.1) is 0 Å². The molecule has 0 radical (unpaired) electrons. The number of benzene rings is 1. The monoisotopic (exact) mass is 338 g/mol. The van der Waals surface area contributed by atoms with Gasteiger partial charge in [0, 0.05) is 55.5 Å². The minimum Gasteiger partial charge on any atom is -0.371 e. The van der Waals surface area contributed by atoms with Gasteiger partial charge in [-0.3, -0.25) is 9.88 Å². The number of aryl methyl sites for hydroxylation is 2. The topological polar surface area (TPSA) is 22.6 Å². The van der Waals surface area contributed by atoms with E-state index in [-0.39, 0.29) is 0 Å². The van der Waals surface area contributed by atoms with E-state index in [0.717, 1.165) is 18.6 Å². The van der Waals surface area contributed by atoms with Crippen molar-refractivity contribution in [3.8, 4) is 0 Å². The van der Waals surface area contributed by atoms with Crippen molar-refractivity contribution in [3.05, 3.63) is 35.5 Å². The molecule has 0 amide bonds. The summed E-state index contributed by atoms with van der Waals surface area (Å²) in [5.74, 6) is 0. The summed E-state index contributed by atoms with van der Waals surface area (Å²) in [6, 6.07) is 6.74. The zero-order valence-corrected chi connectivity index (χ0v) is 16.0. The minimum absolute atomic E-state index is 0.359. The van der Waals surface area contributed by atoms with Crippen molar-refractivity contribution in [1.29, 1.82) is 0 Å². The Labute approximate surface area is 151 Å². The SMILES string of the molecule is Cc1cc(C)c2nccc(N3CCC4(CC3)CN(C)CCN4C)c2c1. The van der Waals surface area contributed by atoms with E-state index in [1.54, 1.807) is 0 Å². The van der Waals surface area contributed by atoms with E-state index >= 15 is 0 Å². The summed E-state index contributed by atoms with van der Waals surface area (Å²) in [5.41, 5.74) is 5.47.